The van der Waals surface area contributed by atoms with Crippen molar-refractivity contribution in [2.24, 2.45) is 0 Å². The summed E-state index contributed by atoms with van der Waals surface area (Å²) >= 11 is 0. The Balaban J connectivity index is 0.865. The van der Waals surface area contributed by atoms with Crippen molar-refractivity contribution in [3.63, 3.8) is 0 Å². The van der Waals surface area contributed by atoms with Crippen LogP contribution in [0.5, 0.6) is 17.2 Å². The Hall–Kier alpha value is -5.91. The molecule has 12 heteroatoms. The van der Waals surface area contributed by atoms with Gasteiger partial charge in [-0.25, -0.2) is 9.97 Å². The minimum atomic E-state index is -0.988. The van der Waals surface area contributed by atoms with E-state index in [9.17, 15) is 24.0 Å². The molecule has 8 rings (SSSR count). The monoisotopic (exact) mass is 699 g/mol. The molecule has 4 aliphatic rings. The van der Waals surface area contributed by atoms with E-state index >= 15 is 0 Å². The zero-order chi connectivity index (χ0) is 36.0. The van der Waals surface area contributed by atoms with E-state index in [0.29, 0.717) is 11.5 Å². The SMILES string of the molecule is CC(=O)c1ncc(Oc2ccc(C3(c4ccc(OC5CC(Nc6ccc7c(c6)C(=O)N(C6CCC(=O)NC6=O)C7=O)C5)cc4)CCCC3)cc2)cn1. The maximum Gasteiger partial charge on any atom is 0.262 e. The molecule has 4 aromatic rings. The van der Waals surface area contributed by atoms with Gasteiger partial charge in [-0.3, -0.25) is 34.2 Å². The minimum absolute atomic E-state index is 0.0426. The van der Waals surface area contributed by atoms with Gasteiger partial charge in [0.05, 0.1) is 23.5 Å². The van der Waals surface area contributed by atoms with Crippen LogP contribution in [0.3, 0.4) is 0 Å². The fraction of sp³-hybridized carbons (Fsp3) is 0.325. The number of aromatic nitrogens is 2. The third kappa shape index (κ3) is 6.18. The first kappa shape index (κ1) is 33.2. The molecule has 2 N–H and O–H groups in total. The molecular weight excluding hydrogens is 662 g/mol. The van der Waals surface area contributed by atoms with Gasteiger partial charge in [0.2, 0.25) is 11.8 Å². The molecule has 52 heavy (non-hydrogen) atoms. The summed E-state index contributed by atoms with van der Waals surface area (Å²) in [7, 11) is 0. The second-order valence-corrected chi connectivity index (χ2v) is 14.0. The van der Waals surface area contributed by atoms with E-state index in [4.69, 9.17) is 9.47 Å². The topological polar surface area (TPSA) is 157 Å². The lowest BCUT2D eigenvalue weighted by Gasteiger charge is -2.36. The number of benzene rings is 3. The highest BCUT2D eigenvalue weighted by molar-refractivity contribution is 6.23. The van der Waals surface area contributed by atoms with Crippen molar-refractivity contribution >= 4 is 35.1 Å². The van der Waals surface area contributed by atoms with Crippen LogP contribution >= 0.6 is 0 Å². The first-order valence-corrected chi connectivity index (χ1v) is 17.7. The molecule has 3 aromatic carbocycles. The number of fused-ring (bicyclic) bond motifs is 1. The van der Waals surface area contributed by atoms with Gasteiger partial charge in [-0.05, 0) is 72.9 Å². The van der Waals surface area contributed by atoms with Crippen LogP contribution in [0, 0.1) is 0 Å². The van der Waals surface area contributed by atoms with E-state index in [1.54, 1.807) is 18.2 Å². The lowest BCUT2D eigenvalue weighted by atomic mass is 9.73. The highest BCUT2D eigenvalue weighted by Gasteiger charge is 2.45. The molecule has 2 saturated carbocycles. The summed E-state index contributed by atoms with van der Waals surface area (Å²) in [4.78, 5) is 70.7. The van der Waals surface area contributed by atoms with E-state index in [2.05, 4.69) is 57.0 Å². The number of hydrogen-bond acceptors (Lipinski definition) is 10. The minimum Gasteiger partial charge on any atom is -0.490 e. The number of amides is 4. The predicted octanol–water partition coefficient (Wildman–Crippen LogP) is 5.75. The van der Waals surface area contributed by atoms with E-state index in [1.807, 2.05) is 12.1 Å². The molecule has 2 aliphatic heterocycles. The van der Waals surface area contributed by atoms with Crippen molar-refractivity contribution in [2.45, 2.75) is 81.9 Å². The van der Waals surface area contributed by atoms with Gasteiger partial charge in [-0.1, -0.05) is 37.1 Å². The van der Waals surface area contributed by atoms with E-state index < -0.39 is 29.7 Å². The number of anilines is 1. The molecule has 2 aliphatic carbocycles. The van der Waals surface area contributed by atoms with E-state index in [-0.39, 0.29) is 53.1 Å². The molecule has 4 amide bonds. The van der Waals surface area contributed by atoms with Gasteiger partial charge >= 0.3 is 0 Å². The molecule has 1 unspecified atom stereocenters. The Bertz CT molecular complexity index is 2070. The second kappa shape index (κ2) is 13.3. The van der Waals surface area contributed by atoms with Crippen LogP contribution in [0.15, 0.2) is 79.1 Å². The lowest BCUT2D eigenvalue weighted by Crippen LogP contribution is -2.54. The summed E-state index contributed by atoms with van der Waals surface area (Å²) in [6.07, 6.45) is 9.22. The molecule has 0 radical (unpaired) electrons. The zero-order valence-corrected chi connectivity index (χ0v) is 28.6. The number of ether oxygens (including phenoxy) is 2. The van der Waals surface area contributed by atoms with Crippen LogP contribution in [0.25, 0.3) is 0 Å². The molecule has 0 spiro atoms. The van der Waals surface area contributed by atoms with Gasteiger partial charge in [0.1, 0.15) is 23.6 Å². The zero-order valence-electron chi connectivity index (χ0n) is 28.6. The highest BCUT2D eigenvalue weighted by atomic mass is 16.5. The molecule has 264 valence electrons. The molecule has 0 bridgehead atoms. The van der Waals surface area contributed by atoms with Gasteiger partial charge in [0, 0.05) is 43.3 Å². The van der Waals surface area contributed by atoms with Crippen molar-refractivity contribution in [1.82, 2.24) is 20.2 Å². The average Bonchev–Trinajstić information content (AvgIpc) is 3.72. The fourth-order valence-electron chi connectivity index (χ4n) is 7.87. The Morgan fingerprint density at radius 1 is 0.827 bits per heavy atom. The van der Waals surface area contributed by atoms with Crippen LogP contribution in [-0.2, 0) is 15.0 Å². The molecular formula is C40H37N5O7. The summed E-state index contributed by atoms with van der Waals surface area (Å²) in [5.41, 5.74) is 3.64. The van der Waals surface area contributed by atoms with Gasteiger partial charge in [0.25, 0.3) is 11.8 Å². The summed E-state index contributed by atoms with van der Waals surface area (Å²) < 4.78 is 12.2. The second-order valence-electron chi connectivity index (χ2n) is 14.0. The van der Waals surface area contributed by atoms with Crippen LogP contribution in [0.2, 0.25) is 0 Å². The van der Waals surface area contributed by atoms with Crippen LogP contribution in [0.1, 0.15) is 101 Å². The van der Waals surface area contributed by atoms with Crippen molar-refractivity contribution in [3.05, 3.63) is 107 Å². The number of carbonyl (C=O) groups is 5. The average molecular weight is 700 g/mol. The van der Waals surface area contributed by atoms with Gasteiger partial charge in [-0.15, -0.1) is 0 Å². The third-order valence-corrected chi connectivity index (χ3v) is 10.7. The predicted molar refractivity (Wildman–Crippen MR) is 188 cm³/mol. The van der Waals surface area contributed by atoms with Crippen molar-refractivity contribution in [2.75, 3.05) is 5.32 Å². The van der Waals surface area contributed by atoms with Gasteiger partial charge < -0.3 is 14.8 Å². The van der Waals surface area contributed by atoms with Crippen molar-refractivity contribution in [1.29, 1.82) is 0 Å². The first-order valence-electron chi connectivity index (χ1n) is 17.7. The third-order valence-electron chi connectivity index (χ3n) is 10.7. The number of imide groups is 2. The summed E-state index contributed by atoms with van der Waals surface area (Å²) in [6.45, 7) is 1.43. The quantitative estimate of drug-likeness (QED) is 0.154. The molecule has 1 atom stereocenters. The molecule has 3 fully saturated rings. The molecule has 1 saturated heterocycles. The van der Waals surface area contributed by atoms with E-state index in [1.165, 1.54) is 30.4 Å². The Morgan fingerprint density at radius 2 is 1.46 bits per heavy atom. The standard InChI is InChI=1S/C40H37N5O7/c1-23(46)36-41-21-31(22-42-36)52-29-11-6-25(7-12-29)40(16-2-3-17-40)24-4-9-28(10-5-24)51-30-18-27(19-30)43-26-8-13-32-33(20-26)39(50)45(38(32)49)34-14-15-35(47)44-37(34)48/h4-13,20-22,27,30,34,43H,2-3,14-19H2,1H3,(H,44,47,48). The number of rotatable bonds is 10. The summed E-state index contributed by atoms with van der Waals surface area (Å²) in [5.74, 6) is -0.147. The lowest BCUT2D eigenvalue weighted by molar-refractivity contribution is -0.136. The normalized spacial score (nSPS) is 22.0. The van der Waals surface area contributed by atoms with Crippen LogP contribution in [-0.4, -0.2) is 62.5 Å². The first-order chi connectivity index (χ1) is 25.2. The molecule has 3 heterocycles. The maximum absolute atomic E-state index is 13.2. The van der Waals surface area contributed by atoms with Gasteiger partial charge in [0.15, 0.2) is 17.4 Å². The number of Topliss-reactive ketones (excluding diaryl/α,β-unsaturated/α-hetero) is 1. The number of piperidine rings is 1. The number of hydrogen-bond donors (Lipinski definition) is 2. The Morgan fingerprint density at radius 3 is 2.10 bits per heavy atom. The number of nitrogens with one attached hydrogen (secondary N) is 2. The number of ketones is 1. The molecule has 12 nitrogen and oxygen atoms in total. The van der Waals surface area contributed by atoms with Gasteiger partial charge in [-0.2, -0.15) is 0 Å². The number of nitrogens with zero attached hydrogens (tertiary/aromatic N) is 3. The largest absolute Gasteiger partial charge is 0.490 e. The maximum atomic E-state index is 13.2. The van der Waals surface area contributed by atoms with Crippen LogP contribution < -0.4 is 20.1 Å². The van der Waals surface area contributed by atoms with Crippen molar-refractivity contribution in [3.8, 4) is 17.2 Å². The summed E-state index contributed by atoms with van der Waals surface area (Å²) in [5, 5.41) is 5.67. The summed E-state index contributed by atoms with van der Waals surface area (Å²) in [6, 6.07) is 20.8. The molecule has 1 aromatic heterocycles. The number of carbonyl (C=O) groups excluding carboxylic acids is 5. The highest BCUT2D eigenvalue weighted by Crippen LogP contribution is 2.47. The van der Waals surface area contributed by atoms with Crippen molar-refractivity contribution < 1.29 is 33.4 Å². The van der Waals surface area contributed by atoms with E-state index in [0.717, 1.165) is 54.9 Å². The smallest absolute Gasteiger partial charge is 0.262 e. The fourth-order valence-corrected chi connectivity index (χ4v) is 7.87. The van der Waals surface area contributed by atoms with Crippen LogP contribution in [0.4, 0.5) is 5.69 Å². The Labute approximate surface area is 299 Å². The Kier molecular flexibility index (Phi) is 8.52.